The SMILES string of the molecule is N[C@@H]1CCN2c3ncc4c(=O)c(C(=O)O)cn(C5CC5)c4c3COCC12. The molecule has 136 valence electrons. The first-order chi connectivity index (χ1) is 12.6. The van der Waals surface area contributed by atoms with Gasteiger partial charge in [-0.3, -0.25) is 4.79 Å². The summed E-state index contributed by atoms with van der Waals surface area (Å²) in [6.07, 6.45) is 5.84. The van der Waals surface area contributed by atoms with Gasteiger partial charge in [-0.15, -0.1) is 0 Å². The van der Waals surface area contributed by atoms with Crippen LogP contribution in [0.5, 0.6) is 0 Å². The second-order valence-corrected chi connectivity index (χ2v) is 7.37. The highest BCUT2D eigenvalue weighted by molar-refractivity contribution is 5.94. The van der Waals surface area contributed by atoms with E-state index in [0.717, 1.165) is 42.7 Å². The van der Waals surface area contributed by atoms with E-state index in [1.807, 2.05) is 4.57 Å². The molecule has 3 N–H and O–H groups in total. The fourth-order valence-electron chi connectivity index (χ4n) is 4.21. The maximum atomic E-state index is 12.7. The van der Waals surface area contributed by atoms with Gasteiger partial charge in [0.05, 0.1) is 30.2 Å². The number of carbonyl (C=O) groups is 1. The summed E-state index contributed by atoms with van der Waals surface area (Å²) in [4.78, 5) is 30.9. The zero-order valence-electron chi connectivity index (χ0n) is 14.2. The summed E-state index contributed by atoms with van der Waals surface area (Å²) in [5, 5.41) is 9.76. The Balaban J connectivity index is 1.81. The largest absolute Gasteiger partial charge is 0.477 e. The lowest BCUT2D eigenvalue weighted by Gasteiger charge is -2.26. The van der Waals surface area contributed by atoms with Crippen LogP contribution in [0.1, 0.15) is 41.2 Å². The number of rotatable bonds is 2. The van der Waals surface area contributed by atoms with Crippen molar-refractivity contribution >= 4 is 22.7 Å². The molecule has 2 aromatic heterocycles. The van der Waals surface area contributed by atoms with E-state index in [1.54, 1.807) is 0 Å². The Morgan fingerprint density at radius 1 is 1.35 bits per heavy atom. The van der Waals surface area contributed by atoms with Crippen molar-refractivity contribution in [2.45, 2.75) is 44.0 Å². The van der Waals surface area contributed by atoms with Crippen molar-refractivity contribution in [2.75, 3.05) is 18.1 Å². The molecule has 1 saturated heterocycles. The Morgan fingerprint density at radius 3 is 2.88 bits per heavy atom. The second-order valence-electron chi connectivity index (χ2n) is 7.37. The molecule has 0 spiro atoms. The number of aromatic nitrogens is 2. The second kappa shape index (κ2) is 5.52. The molecule has 2 fully saturated rings. The summed E-state index contributed by atoms with van der Waals surface area (Å²) in [5.41, 5.74) is 7.15. The van der Waals surface area contributed by atoms with Crippen LogP contribution in [0.2, 0.25) is 0 Å². The third kappa shape index (κ3) is 2.18. The zero-order chi connectivity index (χ0) is 18.0. The van der Waals surface area contributed by atoms with Crippen LogP contribution in [-0.2, 0) is 11.3 Å². The first-order valence-corrected chi connectivity index (χ1v) is 8.96. The summed E-state index contributed by atoms with van der Waals surface area (Å²) in [5.74, 6) is -0.395. The molecule has 2 aliphatic heterocycles. The third-order valence-corrected chi connectivity index (χ3v) is 5.72. The van der Waals surface area contributed by atoms with E-state index < -0.39 is 11.4 Å². The minimum atomic E-state index is -1.21. The number of aromatic carboxylic acids is 1. The minimum absolute atomic E-state index is 0.0402. The van der Waals surface area contributed by atoms with Crippen LogP contribution in [0, 0.1) is 0 Å². The van der Waals surface area contributed by atoms with Crippen LogP contribution in [-0.4, -0.2) is 45.9 Å². The van der Waals surface area contributed by atoms with Gasteiger partial charge >= 0.3 is 5.97 Å². The van der Waals surface area contributed by atoms with Gasteiger partial charge < -0.3 is 25.0 Å². The molecule has 4 heterocycles. The van der Waals surface area contributed by atoms with Crippen molar-refractivity contribution in [3.63, 3.8) is 0 Å². The monoisotopic (exact) mass is 356 g/mol. The predicted molar refractivity (Wildman–Crippen MR) is 94.6 cm³/mol. The fourth-order valence-corrected chi connectivity index (χ4v) is 4.21. The van der Waals surface area contributed by atoms with E-state index in [-0.39, 0.29) is 23.7 Å². The molecule has 0 radical (unpaired) electrons. The van der Waals surface area contributed by atoms with Crippen LogP contribution < -0.4 is 16.1 Å². The first kappa shape index (κ1) is 15.8. The first-order valence-electron chi connectivity index (χ1n) is 8.96. The Bertz CT molecular complexity index is 981. The smallest absolute Gasteiger partial charge is 0.341 e. The fraction of sp³-hybridized carbons (Fsp3) is 0.500. The van der Waals surface area contributed by atoms with Crippen LogP contribution in [0.3, 0.4) is 0 Å². The summed E-state index contributed by atoms with van der Waals surface area (Å²) in [6.45, 7) is 1.68. The topological polar surface area (TPSA) is 111 Å². The van der Waals surface area contributed by atoms with Crippen molar-refractivity contribution in [2.24, 2.45) is 5.73 Å². The summed E-state index contributed by atoms with van der Waals surface area (Å²) < 4.78 is 7.84. The van der Waals surface area contributed by atoms with Crippen molar-refractivity contribution < 1.29 is 14.6 Å². The molecule has 8 nitrogen and oxygen atoms in total. The molecular formula is C18H20N4O4. The Morgan fingerprint density at radius 2 is 2.15 bits per heavy atom. The van der Waals surface area contributed by atoms with Gasteiger partial charge in [-0.1, -0.05) is 0 Å². The van der Waals surface area contributed by atoms with Gasteiger partial charge in [0.25, 0.3) is 0 Å². The molecule has 26 heavy (non-hydrogen) atoms. The summed E-state index contributed by atoms with van der Waals surface area (Å²) >= 11 is 0. The highest BCUT2D eigenvalue weighted by Crippen LogP contribution is 2.40. The van der Waals surface area contributed by atoms with E-state index in [0.29, 0.717) is 18.6 Å². The quantitative estimate of drug-likeness (QED) is 0.821. The Kier molecular flexibility index (Phi) is 3.35. The van der Waals surface area contributed by atoms with E-state index in [1.165, 1.54) is 12.4 Å². The number of carboxylic acid groups (broad SMARTS) is 1. The molecule has 0 aromatic carbocycles. The number of nitrogens with two attached hydrogens (primary N) is 1. The van der Waals surface area contributed by atoms with Gasteiger partial charge in [0.2, 0.25) is 5.43 Å². The molecule has 1 saturated carbocycles. The Labute approximate surface area is 149 Å². The van der Waals surface area contributed by atoms with Crippen LogP contribution >= 0.6 is 0 Å². The molecule has 5 rings (SSSR count). The van der Waals surface area contributed by atoms with Crippen molar-refractivity contribution in [1.29, 1.82) is 0 Å². The van der Waals surface area contributed by atoms with Gasteiger partial charge in [0.15, 0.2) is 0 Å². The van der Waals surface area contributed by atoms with Crippen molar-refractivity contribution in [3.8, 4) is 0 Å². The normalized spacial score (nSPS) is 25.0. The molecule has 0 amide bonds. The Hall–Kier alpha value is -2.45. The van der Waals surface area contributed by atoms with E-state index in [2.05, 4.69) is 9.88 Å². The van der Waals surface area contributed by atoms with Gasteiger partial charge in [-0.05, 0) is 19.3 Å². The molecule has 8 heteroatoms. The minimum Gasteiger partial charge on any atom is -0.477 e. The summed E-state index contributed by atoms with van der Waals surface area (Å²) in [6, 6.07) is 0.349. The maximum absolute atomic E-state index is 12.7. The maximum Gasteiger partial charge on any atom is 0.341 e. The number of ether oxygens (including phenoxy) is 1. The van der Waals surface area contributed by atoms with Gasteiger partial charge in [0.1, 0.15) is 11.4 Å². The van der Waals surface area contributed by atoms with E-state index in [9.17, 15) is 14.7 Å². The molecule has 2 aromatic rings. The van der Waals surface area contributed by atoms with Crippen LogP contribution in [0.25, 0.3) is 10.9 Å². The average Bonchev–Trinajstić information content (AvgIpc) is 3.41. The van der Waals surface area contributed by atoms with E-state index >= 15 is 0 Å². The van der Waals surface area contributed by atoms with Gasteiger partial charge in [0, 0.05) is 36.6 Å². The van der Waals surface area contributed by atoms with E-state index in [4.69, 9.17) is 10.5 Å². The van der Waals surface area contributed by atoms with Crippen molar-refractivity contribution in [1.82, 2.24) is 9.55 Å². The predicted octanol–water partition coefficient (Wildman–Crippen LogP) is 0.866. The third-order valence-electron chi connectivity index (χ3n) is 5.72. The number of pyridine rings is 2. The molecule has 3 aliphatic rings. The highest BCUT2D eigenvalue weighted by Gasteiger charge is 2.37. The number of nitrogens with zero attached hydrogens (tertiary/aromatic N) is 3. The summed E-state index contributed by atoms with van der Waals surface area (Å²) in [7, 11) is 0. The van der Waals surface area contributed by atoms with Crippen LogP contribution in [0.4, 0.5) is 5.82 Å². The molecule has 2 atom stereocenters. The molecule has 1 aliphatic carbocycles. The number of carboxylic acids is 1. The van der Waals surface area contributed by atoms with Crippen LogP contribution in [0.15, 0.2) is 17.2 Å². The van der Waals surface area contributed by atoms with Gasteiger partial charge in [-0.25, -0.2) is 9.78 Å². The lowest BCUT2D eigenvalue weighted by Crippen LogP contribution is -2.42. The lowest BCUT2D eigenvalue weighted by atomic mass is 10.1. The molecular weight excluding hydrogens is 336 g/mol. The highest BCUT2D eigenvalue weighted by atomic mass is 16.5. The number of hydrogen-bond acceptors (Lipinski definition) is 6. The van der Waals surface area contributed by atoms with Gasteiger partial charge in [-0.2, -0.15) is 0 Å². The molecule has 0 bridgehead atoms. The number of hydrogen-bond donors (Lipinski definition) is 2. The lowest BCUT2D eigenvalue weighted by molar-refractivity contribution is 0.0695. The number of fused-ring (bicyclic) bond motifs is 5. The standard InChI is InChI=1S/C18H20N4O4/c19-13-3-4-21-14(13)8-26-7-12-15-10(5-20-17(12)21)16(23)11(18(24)25)6-22(15)9-1-2-9/h5-6,9,13-14H,1-4,7-8,19H2,(H,24,25)/t13-,14?/m1/s1. The number of anilines is 1. The zero-order valence-corrected chi connectivity index (χ0v) is 14.2. The van der Waals surface area contributed by atoms with Crippen molar-refractivity contribution in [3.05, 3.63) is 33.7 Å². The average molecular weight is 356 g/mol. The molecule has 1 unspecified atom stereocenters.